The fourth-order valence-corrected chi connectivity index (χ4v) is 2.02. The number of rotatable bonds is 3. The lowest BCUT2D eigenvalue weighted by Gasteiger charge is -2.21. The topological polar surface area (TPSA) is 20.3 Å². The summed E-state index contributed by atoms with van der Waals surface area (Å²) in [4.78, 5) is 13.6. The molecule has 0 N–H and O–H groups in total. The molecule has 2 aromatic rings. The molecule has 0 aliphatic rings. The standard InChI is InChI=1S/C15H12INO/c1-2-15(18)17(13-6-4-3-5-7-13)14-10-8-12(16)9-11-14/h2-11H,1H2. The fourth-order valence-electron chi connectivity index (χ4n) is 1.66. The normalized spacial score (nSPS) is 9.83. The lowest BCUT2D eigenvalue weighted by Crippen LogP contribution is -2.23. The van der Waals surface area contributed by atoms with E-state index in [0.717, 1.165) is 14.9 Å². The Balaban J connectivity index is 2.46. The van der Waals surface area contributed by atoms with Crippen LogP contribution in [0.4, 0.5) is 11.4 Å². The van der Waals surface area contributed by atoms with Gasteiger partial charge >= 0.3 is 0 Å². The van der Waals surface area contributed by atoms with Crippen LogP contribution in [0.25, 0.3) is 0 Å². The number of nitrogens with zero attached hydrogens (tertiary/aromatic N) is 1. The third kappa shape index (κ3) is 2.79. The summed E-state index contributed by atoms with van der Waals surface area (Å²) >= 11 is 2.24. The summed E-state index contributed by atoms with van der Waals surface area (Å²) in [5.74, 6) is -0.137. The van der Waals surface area contributed by atoms with E-state index in [1.165, 1.54) is 6.08 Å². The Kier molecular flexibility index (Phi) is 4.15. The largest absolute Gasteiger partial charge is 0.278 e. The van der Waals surface area contributed by atoms with Gasteiger partial charge in [-0.2, -0.15) is 0 Å². The summed E-state index contributed by atoms with van der Waals surface area (Å²) in [5, 5.41) is 0. The zero-order valence-electron chi connectivity index (χ0n) is 9.71. The average Bonchev–Trinajstić information content (AvgIpc) is 2.42. The number of benzene rings is 2. The Morgan fingerprint density at radius 1 is 1.00 bits per heavy atom. The van der Waals surface area contributed by atoms with E-state index in [0.29, 0.717) is 0 Å². The highest BCUT2D eigenvalue weighted by Gasteiger charge is 2.14. The van der Waals surface area contributed by atoms with E-state index in [4.69, 9.17) is 0 Å². The van der Waals surface area contributed by atoms with E-state index in [-0.39, 0.29) is 5.91 Å². The Bertz CT molecular complexity index is 548. The number of anilines is 2. The van der Waals surface area contributed by atoms with Gasteiger partial charge in [0.2, 0.25) is 0 Å². The van der Waals surface area contributed by atoms with Gasteiger partial charge < -0.3 is 0 Å². The number of hydrogen-bond acceptors (Lipinski definition) is 1. The molecule has 0 heterocycles. The molecule has 0 fully saturated rings. The molecule has 0 aromatic heterocycles. The fraction of sp³-hybridized carbons (Fsp3) is 0. The summed E-state index contributed by atoms with van der Waals surface area (Å²) in [7, 11) is 0. The van der Waals surface area contributed by atoms with Crippen LogP contribution in [0.3, 0.4) is 0 Å². The molecular formula is C15H12INO. The van der Waals surface area contributed by atoms with Crippen molar-refractivity contribution in [2.24, 2.45) is 0 Å². The summed E-state index contributed by atoms with van der Waals surface area (Å²) in [6, 6.07) is 17.3. The number of halogens is 1. The molecule has 0 saturated heterocycles. The molecule has 0 spiro atoms. The zero-order chi connectivity index (χ0) is 13.0. The molecule has 3 heteroatoms. The van der Waals surface area contributed by atoms with E-state index in [1.54, 1.807) is 4.90 Å². The minimum Gasteiger partial charge on any atom is -0.278 e. The first-order valence-electron chi connectivity index (χ1n) is 5.49. The van der Waals surface area contributed by atoms with Gasteiger partial charge in [0.25, 0.3) is 5.91 Å². The summed E-state index contributed by atoms with van der Waals surface area (Å²) < 4.78 is 1.13. The van der Waals surface area contributed by atoms with Gasteiger partial charge in [0, 0.05) is 14.9 Å². The maximum absolute atomic E-state index is 12.0. The first-order chi connectivity index (χ1) is 8.72. The maximum Gasteiger partial charge on any atom is 0.254 e. The number of carbonyl (C=O) groups excluding carboxylic acids is 1. The average molecular weight is 349 g/mol. The second kappa shape index (κ2) is 5.82. The van der Waals surface area contributed by atoms with Gasteiger partial charge in [0.1, 0.15) is 0 Å². The van der Waals surface area contributed by atoms with Gasteiger partial charge in [-0.05, 0) is 65.1 Å². The lowest BCUT2D eigenvalue weighted by molar-refractivity contribution is -0.113. The van der Waals surface area contributed by atoms with Crippen LogP contribution in [0.2, 0.25) is 0 Å². The number of para-hydroxylation sites is 1. The van der Waals surface area contributed by atoms with E-state index < -0.39 is 0 Å². The van der Waals surface area contributed by atoms with Crippen LogP contribution in [-0.2, 0) is 4.79 Å². The molecule has 90 valence electrons. The number of hydrogen-bond donors (Lipinski definition) is 0. The van der Waals surface area contributed by atoms with Gasteiger partial charge in [0.15, 0.2) is 0 Å². The Morgan fingerprint density at radius 3 is 2.11 bits per heavy atom. The van der Waals surface area contributed by atoms with Crippen molar-refractivity contribution in [3.63, 3.8) is 0 Å². The van der Waals surface area contributed by atoms with Gasteiger partial charge in [-0.15, -0.1) is 0 Å². The molecule has 0 unspecified atom stereocenters. The van der Waals surface area contributed by atoms with Gasteiger partial charge in [-0.3, -0.25) is 9.69 Å². The number of carbonyl (C=O) groups is 1. The monoisotopic (exact) mass is 349 g/mol. The zero-order valence-corrected chi connectivity index (χ0v) is 11.9. The Labute approximate surface area is 120 Å². The van der Waals surface area contributed by atoms with Crippen molar-refractivity contribution in [3.8, 4) is 0 Å². The molecule has 0 saturated carbocycles. The van der Waals surface area contributed by atoms with E-state index in [2.05, 4.69) is 29.2 Å². The van der Waals surface area contributed by atoms with Gasteiger partial charge in [0.05, 0.1) is 0 Å². The molecule has 1 amide bonds. The van der Waals surface area contributed by atoms with E-state index in [9.17, 15) is 4.79 Å². The van der Waals surface area contributed by atoms with Gasteiger partial charge in [-0.1, -0.05) is 24.8 Å². The molecule has 0 atom stereocenters. The van der Waals surface area contributed by atoms with Crippen LogP contribution in [0.1, 0.15) is 0 Å². The van der Waals surface area contributed by atoms with E-state index in [1.807, 2.05) is 54.6 Å². The first-order valence-corrected chi connectivity index (χ1v) is 6.57. The molecule has 2 aromatic carbocycles. The van der Waals surface area contributed by atoms with E-state index >= 15 is 0 Å². The maximum atomic E-state index is 12.0. The van der Waals surface area contributed by atoms with Crippen molar-refractivity contribution in [2.45, 2.75) is 0 Å². The molecule has 0 aliphatic carbocycles. The Hall–Kier alpha value is -1.62. The van der Waals surface area contributed by atoms with Crippen LogP contribution < -0.4 is 4.90 Å². The van der Waals surface area contributed by atoms with Crippen molar-refractivity contribution in [3.05, 3.63) is 70.8 Å². The van der Waals surface area contributed by atoms with Crippen molar-refractivity contribution in [1.82, 2.24) is 0 Å². The van der Waals surface area contributed by atoms with Crippen molar-refractivity contribution >= 4 is 39.9 Å². The van der Waals surface area contributed by atoms with Crippen molar-refractivity contribution in [1.29, 1.82) is 0 Å². The van der Waals surface area contributed by atoms with Crippen molar-refractivity contribution < 1.29 is 4.79 Å². The first kappa shape index (κ1) is 12.8. The second-order valence-electron chi connectivity index (χ2n) is 3.69. The summed E-state index contributed by atoms with van der Waals surface area (Å²) in [5.41, 5.74) is 1.68. The third-order valence-electron chi connectivity index (χ3n) is 2.49. The highest BCUT2D eigenvalue weighted by atomic mass is 127. The SMILES string of the molecule is C=CC(=O)N(c1ccccc1)c1ccc(I)cc1. The summed E-state index contributed by atoms with van der Waals surface area (Å²) in [6.45, 7) is 3.56. The quantitative estimate of drug-likeness (QED) is 0.602. The molecular weight excluding hydrogens is 337 g/mol. The number of amides is 1. The smallest absolute Gasteiger partial charge is 0.254 e. The lowest BCUT2D eigenvalue weighted by atomic mass is 10.2. The van der Waals surface area contributed by atoms with Crippen LogP contribution in [0.15, 0.2) is 67.3 Å². The van der Waals surface area contributed by atoms with Crippen molar-refractivity contribution in [2.75, 3.05) is 4.90 Å². The predicted octanol–water partition coefficient (Wildman–Crippen LogP) is 4.14. The minimum atomic E-state index is -0.137. The molecule has 0 radical (unpaired) electrons. The van der Waals surface area contributed by atoms with Crippen LogP contribution >= 0.6 is 22.6 Å². The third-order valence-corrected chi connectivity index (χ3v) is 3.21. The molecule has 2 nitrogen and oxygen atoms in total. The highest BCUT2D eigenvalue weighted by molar-refractivity contribution is 14.1. The van der Waals surface area contributed by atoms with Crippen LogP contribution in [0.5, 0.6) is 0 Å². The highest BCUT2D eigenvalue weighted by Crippen LogP contribution is 2.26. The minimum absolute atomic E-state index is 0.137. The summed E-state index contributed by atoms with van der Waals surface area (Å²) in [6.07, 6.45) is 1.32. The molecule has 2 rings (SSSR count). The second-order valence-corrected chi connectivity index (χ2v) is 4.94. The Morgan fingerprint density at radius 2 is 1.56 bits per heavy atom. The van der Waals surface area contributed by atoms with Crippen LogP contribution in [0, 0.1) is 3.57 Å². The molecule has 0 bridgehead atoms. The molecule has 0 aliphatic heterocycles. The van der Waals surface area contributed by atoms with Gasteiger partial charge in [-0.25, -0.2) is 0 Å². The molecule has 18 heavy (non-hydrogen) atoms. The predicted molar refractivity (Wildman–Crippen MR) is 82.9 cm³/mol. The van der Waals surface area contributed by atoms with Crippen LogP contribution in [-0.4, -0.2) is 5.91 Å².